The number of halogens is 1. The molecule has 26 heavy (non-hydrogen) atoms. The van der Waals surface area contributed by atoms with Gasteiger partial charge in [-0.1, -0.05) is 46.3 Å². The quantitative estimate of drug-likeness (QED) is 0.436. The number of rotatable bonds is 9. The number of alkyl halides is 1. The molecule has 2 aromatic carbocycles. The van der Waals surface area contributed by atoms with E-state index in [1.165, 1.54) is 12.2 Å². The predicted molar refractivity (Wildman–Crippen MR) is 108 cm³/mol. The van der Waals surface area contributed by atoms with Crippen molar-refractivity contribution in [2.24, 2.45) is 0 Å². The van der Waals surface area contributed by atoms with Crippen molar-refractivity contribution >= 4 is 33.9 Å². The highest BCUT2D eigenvalue weighted by Crippen LogP contribution is 2.28. The summed E-state index contributed by atoms with van der Waals surface area (Å²) in [7, 11) is 3.16. The van der Waals surface area contributed by atoms with Crippen molar-refractivity contribution in [1.29, 1.82) is 0 Å². The monoisotopic (exact) mass is 416 g/mol. The molecule has 0 aliphatic rings. The number of hydrogen-bond donors (Lipinski definition) is 0. The van der Waals surface area contributed by atoms with Crippen LogP contribution in [0.3, 0.4) is 0 Å². The number of hydrogen-bond acceptors (Lipinski definition) is 4. The minimum absolute atomic E-state index is 0.116. The van der Waals surface area contributed by atoms with Gasteiger partial charge < -0.3 is 14.2 Å². The Balaban J connectivity index is 2.07. The molecule has 0 N–H and O–H groups in total. The van der Waals surface area contributed by atoms with Crippen molar-refractivity contribution in [1.82, 2.24) is 0 Å². The van der Waals surface area contributed by atoms with E-state index in [0.717, 1.165) is 22.2 Å². The minimum Gasteiger partial charge on any atom is -0.493 e. The topological polar surface area (TPSA) is 44.8 Å². The number of methoxy groups -OCH3 is 2. The van der Waals surface area contributed by atoms with E-state index < -0.39 is 0 Å². The van der Waals surface area contributed by atoms with E-state index in [4.69, 9.17) is 14.2 Å². The van der Waals surface area contributed by atoms with Gasteiger partial charge in [-0.3, -0.25) is 4.79 Å². The lowest BCUT2D eigenvalue weighted by Crippen LogP contribution is -1.99. The SMILES string of the molecule is COc1ccc(C=CC(=O)C=Cc2ccccc2OCCBr)cc1OC. The zero-order valence-corrected chi connectivity index (χ0v) is 16.4. The van der Waals surface area contributed by atoms with E-state index in [-0.39, 0.29) is 5.78 Å². The normalized spacial score (nSPS) is 11.0. The van der Waals surface area contributed by atoms with Gasteiger partial charge in [-0.05, 0) is 42.0 Å². The zero-order chi connectivity index (χ0) is 18.8. The molecule has 0 saturated carbocycles. The Bertz CT molecular complexity index is 796. The standard InChI is InChI=1S/C21H21BrO4/c1-24-20-12-8-16(15-21(20)25-2)7-10-18(23)11-9-17-5-3-4-6-19(17)26-14-13-22/h3-12,15H,13-14H2,1-2H3. The molecule has 5 heteroatoms. The molecule has 0 unspecified atom stereocenters. The summed E-state index contributed by atoms with van der Waals surface area (Å²) < 4.78 is 16.1. The second-order valence-electron chi connectivity index (χ2n) is 5.26. The Kier molecular flexibility index (Phi) is 7.96. The van der Waals surface area contributed by atoms with E-state index in [2.05, 4.69) is 15.9 Å². The van der Waals surface area contributed by atoms with Crippen molar-refractivity contribution in [3.63, 3.8) is 0 Å². The molecule has 0 aromatic heterocycles. The van der Waals surface area contributed by atoms with Gasteiger partial charge in [0.2, 0.25) is 0 Å². The molecule has 2 rings (SSSR count). The van der Waals surface area contributed by atoms with E-state index >= 15 is 0 Å². The first kappa shape index (κ1) is 19.8. The molecule has 136 valence electrons. The summed E-state index contributed by atoms with van der Waals surface area (Å²) in [6.45, 7) is 0.567. The van der Waals surface area contributed by atoms with Gasteiger partial charge in [-0.2, -0.15) is 0 Å². The minimum atomic E-state index is -0.116. The van der Waals surface area contributed by atoms with Crippen LogP contribution in [0, 0.1) is 0 Å². The molecule has 0 heterocycles. The molecule has 0 radical (unpaired) electrons. The largest absolute Gasteiger partial charge is 0.493 e. The highest BCUT2D eigenvalue weighted by molar-refractivity contribution is 9.09. The summed E-state index contributed by atoms with van der Waals surface area (Å²) in [5, 5.41) is 0.748. The summed E-state index contributed by atoms with van der Waals surface area (Å²) >= 11 is 3.33. The number of para-hydroxylation sites is 1. The van der Waals surface area contributed by atoms with Crippen LogP contribution in [0.25, 0.3) is 12.2 Å². The molecule has 0 amide bonds. The molecular weight excluding hydrogens is 396 g/mol. The van der Waals surface area contributed by atoms with Crippen LogP contribution in [0.15, 0.2) is 54.6 Å². The zero-order valence-electron chi connectivity index (χ0n) is 14.8. The summed E-state index contributed by atoms with van der Waals surface area (Å²) in [6.07, 6.45) is 6.53. The third kappa shape index (κ3) is 5.77. The number of allylic oxidation sites excluding steroid dienone is 2. The average molecular weight is 417 g/mol. The van der Waals surface area contributed by atoms with Crippen LogP contribution in [-0.2, 0) is 4.79 Å². The van der Waals surface area contributed by atoms with Gasteiger partial charge in [0, 0.05) is 10.9 Å². The average Bonchev–Trinajstić information content (AvgIpc) is 2.69. The van der Waals surface area contributed by atoms with Crippen molar-refractivity contribution in [2.45, 2.75) is 0 Å². The Hall–Kier alpha value is -2.53. The maximum atomic E-state index is 12.1. The summed E-state index contributed by atoms with van der Waals surface area (Å²) in [6, 6.07) is 13.1. The van der Waals surface area contributed by atoms with Gasteiger partial charge in [0.1, 0.15) is 5.75 Å². The second kappa shape index (κ2) is 10.5. The fraction of sp³-hybridized carbons (Fsp3) is 0.190. The van der Waals surface area contributed by atoms with Crippen molar-refractivity contribution < 1.29 is 19.0 Å². The molecule has 2 aromatic rings. The van der Waals surface area contributed by atoms with Crippen LogP contribution in [0.5, 0.6) is 17.2 Å². The lowest BCUT2D eigenvalue weighted by molar-refractivity contribution is -0.110. The second-order valence-corrected chi connectivity index (χ2v) is 6.05. The highest BCUT2D eigenvalue weighted by atomic mass is 79.9. The number of benzene rings is 2. The first-order valence-corrected chi connectivity index (χ1v) is 9.20. The fourth-order valence-corrected chi connectivity index (χ4v) is 2.42. The van der Waals surface area contributed by atoms with Crippen molar-refractivity contribution in [3.05, 3.63) is 65.7 Å². The van der Waals surface area contributed by atoms with E-state index in [1.54, 1.807) is 32.4 Å². The number of ketones is 1. The van der Waals surface area contributed by atoms with Crippen LogP contribution in [0.2, 0.25) is 0 Å². The van der Waals surface area contributed by atoms with E-state index in [0.29, 0.717) is 18.1 Å². The number of ether oxygens (including phenoxy) is 3. The smallest absolute Gasteiger partial charge is 0.178 e. The van der Waals surface area contributed by atoms with Gasteiger partial charge in [0.25, 0.3) is 0 Å². The molecule has 0 aliphatic carbocycles. The van der Waals surface area contributed by atoms with Gasteiger partial charge >= 0.3 is 0 Å². The first-order chi connectivity index (χ1) is 12.7. The molecule has 4 nitrogen and oxygen atoms in total. The van der Waals surface area contributed by atoms with Crippen LogP contribution >= 0.6 is 15.9 Å². The number of carbonyl (C=O) groups is 1. The predicted octanol–water partition coefficient (Wildman–Crippen LogP) is 4.77. The Morgan fingerprint density at radius 2 is 1.69 bits per heavy atom. The van der Waals surface area contributed by atoms with E-state index in [1.807, 2.05) is 36.4 Å². The lowest BCUT2D eigenvalue weighted by Gasteiger charge is -2.07. The molecule has 0 bridgehead atoms. The van der Waals surface area contributed by atoms with Crippen LogP contribution in [-0.4, -0.2) is 31.9 Å². The number of carbonyl (C=O) groups excluding carboxylic acids is 1. The fourth-order valence-electron chi connectivity index (χ4n) is 2.26. The van der Waals surface area contributed by atoms with Crippen molar-refractivity contribution in [2.75, 3.05) is 26.2 Å². The first-order valence-electron chi connectivity index (χ1n) is 8.08. The van der Waals surface area contributed by atoms with Gasteiger partial charge in [0.15, 0.2) is 17.3 Å². The summed E-state index contributed by atoms with van der Waals surface area (Å²) in [5.41, 5.74) is 1.71. The van der Waals surface area contributed by atoms with Gasteiger partial charge in [0.05, 0.1) is 20.8 Å². The third-order valence-electron chi connectivity index (χ3n) is 3.53. The maximum Gasteiger partial charge on any atom is 0.178 e. The van der Waals surface area contributed by atoms with Crippen LogP contribution in [0.1, 0.15) is 11.1 Å². The Morgan fingerprint density at radius 1 is 0.962 bits per heavy atom. The summed E-state index contributed by atoms with van der Waals surface area (Å²) in [5.74, 6) is 1.90. The Morgan fingerprint density at radius 3 is 2.42 bits per heavy atom. The highest BCUT2D eigenvalue weighted by Gasteiger charge is 2.03. The van der Waals surface area contributed by atoms with Crippen molar-refractivity contribution in [3.8, 4) is 17.2 Å². The van der Waals surface area contributed by atoms with Crippen LogP contribution < -0.4 is 14.2 Å². The van der Waals surface area contributed by atoms with E-state index in [9.17, 15) is 4.79 Å². The van der Waals surface area contributed by atoms with Crippen LogP contribution in [0.4, 0.5) is 0 Å². The third-order valence-corrected chi connectivity index (χ3v) is 3.85. The molecular formula is C21H21BrO4. The lowest BCUT2D eigenvalue weighted by atomic mass is 10.1. The molecule has 0 aliphatic heterocycles. The molecule has 0 saturated heterocycles. The molecule has 0 atom stereocenters. The molecule has 0 fully saturated rings. The Labute approximate surface area is 162 Å². The maximum absolute atomic E-state index is 12.1. The molecule has 0 spiro atoms. The van der Waals surface area contributed by atoms with Gasteiger partial charge in [-0.25, -0.2) is 0 Å². The summed E-state index contributed by atoms with van der Waals surface area (Å²) in [4.78, 5) is 12.1. The van der Waals surface area contributed by atoms with Gasteiger partial charge in [-0.15, -0.1) is 0 Å².